The topological polar surface area (TPSA) is 94.8 Å². The van der Waals surface area contributed by atoms with Gasteiger partial charge in [0.15, 0.2) is 0 Å². The van der Waals surface area contributed by atoms with Gasteiger partial charge < -0.3 is 30.6 Å². The quantitative estimate of drug-likeness (QED) is 0.242. The molecule has 0 heterocycles. The van der Waals surface area contributed by atoms with Gasteiger partial charge in [-0.3, -0.25) is 4.79 Å². The molecule has 0 aromatic rings. The summed E-state index contributed by atoms with van der Waals surface area (Å²) in [5.41, 5.74) is 5.27. The molecule has 0 aliphatic rings. The first-order chi connectivity index (χ1) is 8.91. The van der Waals surface area contributed by atoms with Crippen LogP contribution in [0.25, 0.3) is 0 Å². The lowest BCUT2D eigenvalue weighted by atomic mass is 10.6. The second-order valence-corrected chi connectivity index (χ2v) is 3.45. The fraction of sp³-hybridized carbons (Fsp3) is 0.909. The van der Waals surface area contributed by atoms with Crippen molar-refractivity contribution < 1.29 is 19.0 Å². The zero-order valence-electron chi connectivity index (χ0n) is 10.9. The van der Waals surface area contributed by atoms with Crippen LogP contribution in [-0.2, 0) is 19.0 Å². The van der Waals surface area contributed by atoms with Gasteiger partial charge in [0.05, 0.1) is 39.6 Å². The maximum absolute atomic E-state index is 9.92. The Morgan fingerprint density at radius 3 is 2.00 bits per heavy atom. The summed E-state index contributed by atoms with van der Waals surface area (Å²) < 4.78 is 15.7. The van der Waals surface area contributed by atoms with Gasteiger partial charge in [0.25, 0.3) is 0 Å². The van der Waals surface area contributed by atoms with E-state index < -0.39 is 0 Å². The Balaban J connectivity index is 2.88. The van der Waals surface area contributed by atoms with Crippen molar-refractivity contribution in [2.75, 3.05) is 65.8 Å². The highest BCUT2D eigenvalue weighted by Gasteiger charge is 1.91. The lowest BCUT2D eigenvalue weighted by Gasteiger charge is -2.07. The summed E-state index contributed by atoms with van der Waals surface area (Å²) in [7, 11) is 0. The minimum atomic E-state index is 0.537. The maximum Gasteiger partial charge on any atom is 0.207 e. The van der Waals surface area contributed by atoms with Crippen LogP contribution in [0.2, 0.25) is 0 Å². The number of nitrogens with two attached hydrogens (primary N) is 1. The average Bonchev–Trinajstić information content (AvgIpc) is 2.39. The zero-order valence-corrected chi connectivity index (χ0v) is 10.9. The lowest BCUT2D eigenvalue weighted by molar-refractivity contribution is -0.109. The number of carbonyl (C=O) groups is 1. The molecule has 108 valence electrons. The van der Waals surface area contributed by atoms with E-state index in [-0.39, 0.29) is 0 Å². The molecule has 0 unspecified atom stereocenters. The van der Waals surface area contributed by atoms with Crippen molar-refractivity contribution in [2.45, 2.75) is 0 Å². The van der Waals surface area contributed by atoms with Crippen LogP contribution < -0.4 is 16.4 Å². The summed E-state index contributed by atoms with van der Waals surface area (Å²) in [4.78, 5) is 9.92. The summed E-state index contributed by atoms with van der Waals surface area (Å²) in [6.45, 7) is 6.23. The highest BCUT2D eigenvalue weighted by Crippen LogP contribution is 1.77. The number of carbonyl (C=O) groups excluding carboxylic acids is 1. The standard InChI is InChI=1S/C11H25N3O4/c12-1-5-16-9-10-18-7-3-13-2-6-17-8-4-14-11-15/h11,13H,1-10,12H2,(H,14,15). The minimum absolute atomic E-state index is 0.537. The van der Waals surface area contributed by atoms with Gasteiger partial charge in [-0.2, -0.15) is 0 Å². The van der Waals surface area contributed by atoms with Crippen molar-refractivity contribution in [1.82, 2.24) is 10.6 Å². The first-order valence-electron chi connectivity index (χ1n) is 6.23. The van der Waals surface area contributed by atoms with Crippen LogP contribution in [-0.4, -0.2) is 72.2 Å². The molecular weight excluding hydrogens is 238 g/mol. The predicted molar refractivity (Wildman–Crippen MR) is 68.4 cm³/mol. The Kier molecular flexibility index (Phi) is 15.6. The van der Waals surface area contributed by atoms with E-state index in [0.717, 1.165) is 13.1 Å². The molecule has 0 aromatic carbocycles. The van der Waals surface area contributed by atoms with Gasteiger partial charge in [0.2, 0.25) is 6.41 Å². The van der Waals surface area contributed by atoms with Crippen LogP contribution in [0.5, 0.6) is 0 Å². The number of amides is 1. The van der Waals surface area contributed by atoms with E-state index in [2.05, 4.69) is 10.6 Å². The Morgan fingerprint density at radius 1 is 0.833 bits per heavy atom. The summed E-state index contributed by atoms with van der Waals surface area (Å²) in [6.07, 6.45) is 0.663. The number of nitrogens with one attached hydrogen (secondary N) is 2. The molecule has 1 amide bonds. The van der Waals surface area contributed by atoms with Crippen molar-refractivity contribution in [3.05, 3.63) is 0 Å². The molecule has 0 fully saturated rings. The average molecular weight is 263 g/mol. The van der Waals surface area contributed by atoms with Crippen LogP contribution in [0.1, 0.15) is 0 Å². The van der Waals surface area contributed by atoms with E-state index in [4.69, 9.17) is 19.9 Å². The molecular formula is C11H25N3O4. The molecule has 0 aliphatic carbocycles. The SMILES string of the molecule is NCCOCCOCCNCCOCCNC=O. The van der Waals surface area contributed by atoms with Crippen molar-refractivity contribution >= 4 is 6.41 Å². The molecule has 7 heteroatoms. The third kappa shape index (κ3) is 15.3. The maximum atomic E-state index is 9.92. The number of rotatable bonds is 15. The number of ether oxygens (including phenoxy) is 3. The van der Waals surface area contributed by atoms with Gasteiger partial charge >= 0.3 is 0 Å². The third-order valence-corrected chi connectivity index (χ3v) is 1.95. The van der Waals surface area contributed by atoms with Crippen LogP contribution in [0, 0.1) is 0 Å². The van der Waals surface area contributed by atoms with Crippen LogP contribution in [0.15, 0.2) is 0 Å². The fourth-order valence-corrected chi connectivity index (χ4v) is 1.11. The normalized spacial score (nSPS) is 10.5. The van der Waals surface area contributed by atoms with E-state index in [1.54, 1.807) is 0 Å². The van der Waals surface area contributed by atoms with Gasteiger partial charge in [0, 0.05) is 26.2 Å². The van der Waals surface area contributed by atoms with Crippen molar-refractivity contribution in [3.63, 3.8) is 0 Å². The zero-order chi connectivity index (χ0) is 13.3. The van der Waals surface area contributed by atoms with Crippen molar-refractivity contribution in [2.24, 2.45) is 5.73 Å². The van der Waals surface area contributed by atoms with E-state index in [1.807, 2.05) is 0 Å². The summed E-state index contributed by atoms with van der Waals surface area (Å²) in [5, 5.41) is 5.70. The predicted octanol–water partition coefficient (Wildman–Crippen LogP) is -1.67. The molecule has 0 bridgehead atoms. The fourth-order valence-electron chi connectivity index (χ4n) is 1.11. The molecule has 0 radical (unpaired) electrons. The molecule has 0 rings (SSSR count). The van der Waals surface area contributed by atoms with Crippen molar-refractivity contribution in [3.8, 4) is 0 Å². The molecule has 4 N–H and O–H groups in total. The van der Waals surface area contributed by atoms with Gasteiger partial charge in [-0.1, -0.05) is 0 Å². The molecule has 0 aromatic heterocycles. The molecule has 0 saturated heterocycles. The van der Waals surface area contributed by atoms with E-state index in [1.165, 1.54) is 0 Å². The molecule has 0 saturated carbocycles. The van der Waals surface area contributed by atoms with E-state index in [9.17, 15) is 4.79 Å². The lowest BCUT2D eigenvalue weighted by Crippen LogP contribution is -2.26. The van der Waals surface area contributed by atoms with E-state index >= 15 is 0 Å². The highest BCUT2D eigenvalue weighted by atomic mass is 16.5. The first kappa shape index (κ1) is 17.3. The smallest absolute Gasteiger partial charge is 0.207 e. The van der Waals surface area contributed by atoms with Crippen molar-refractivity contribution in [1.29, 1.82) is 0 Å². The second-order valence-electron chi connectivity index (χ2n) is 3.45. The third-order valence-electron chi connectivity index (χ3n) is 1.95. The number of hydrogen-bond acceptors (Lipinski definition) is 6. The highest BCUT2D eigenvalue weighted by molar-refractivity contribution is 5.45. The molecule has 0 aliphatic heterocycles. The van der Waals surface area contributed by atoms with E-state index in [0.29, 0.717) is 59.1 Å². The van der Waals surface area contributed by atoms with Gasteiger partial charge in [-0.15, -0.1) is 0 Å². The molecule has 0 spiro atoms. The van der Waals surface area contributed by atoms with Crippen LogP contribution in [0.3, 0.4) is 0 Å². The van der Waals surface area contributed by atoms with Gasteiger partial charge in [-0.05, 0) is 0 Å². The molecule has 7 nitrogen and oxygen atoms in total. The Morgan fingerprint density at radius 2 is 1.39 bits per heavy atom. The largest absolute Gasteiger partial charge is 0.378 e. The second kappa shape index (κ2) is 16.3. The Bertz CT molecular complexity index is 172. The number of hydrogen-bond donors (Lipinski definition) is 3. The summed E-state index contributed by atoms with van der Waals surface area (Å²) >= 11 is 0. The van der Waals surface area contributed by atoms with Gasteiger partial charge in [0.1, 0.15) is 0 Å². The Hall–Kier alpha value is -0.730. The molecule has 18 heavy (non-hydrogen) atoms. The molecule has 0 atom stereocenters. The monoisotopic (exact) mass is 263 g/mol. The van der Waals surface area contributed by atoms with Crippen LogP contribution >= 0.6 is 0 Å². The minimum Gasteiger partial charge on any atom is -0.378 e. The van der Waals surface area contributed by atoms with Gasteiger partial charge in [-0.25, -0.2) is 0 Å². The summed E-state index contributed by atoms with van der Waals surface area (Å²) in [6, 6.07) is 0. The first-order valence-corrected chi connectivity index (χ1v) is 6.23. The van der Waals surface area contributed by atoms with Crippen LogP contribution in [0.4, 0.5) is 0 Å². The Labute approximate surface area is 108 Å². The summed E-state index contributed by atoms with van der Waals surface area (Å²) in [5.74, 6) is 0.